The Hall–Kier alpha value is -2.84. The molecule has 0 saturated heterocycles. The number of aliphatic hydroxyl groups is 1. The van der Waals surface area contributed by atoms with Gasteiger partial charge in [-0.2, -0.15) is 0 Å². The molecule has 31 heavy (non-hydrogen) atoms. The number of aliphatic hydroxyl groups excluding tert-OH is 1. The number of methoxy groups -OCH3 is 1. The van der Waals surface area contributed by atoms with E-state index in [-0.39, 0.29) is 5.92 Å². The molecule has 2 aromatic rings. The highest BCUT2D eigenvalue weighted by atomic mass is 16.5. The van der Waals surface area contributed by atoms with Crippen LogP contribution in [0, 0.1) is 30.6 Å². The van der Waals surface area contributed by atoms with Gasteiger partial charge in [0.1, 0.15) is 11.4 Å². The minimum absolute atomic E-state index is 0.192. The molecule has 0 amide bonds. The fraction of sp³-hybridized carbons (Fsp3) is 0.462. The van der Waals surface area contributed by atoms with Crippen LogP contribution in [0.15, 0.2) is 36.4 Å². The summed E-state index contributed by atoms with van der Waals surface area (Å²) in [6, 6.07) is 11.6. The van der Waals surface area contributed by atoms with Crippen molar-refractivity contribution in [2.75, 3.05) is 7.11 Å². The Kier molecular flexibility index (Phi) is 8.08. The van der Waals surface area contributed by atoms with Crippen LogP contribution in [0.1, 0.15) is 67.1 Å². The van der Waals surface area contributed by atoms with Gasteiger partial charge in [-0.05, 0) is 92.7 Å². The van der Waals surface area contributed by atoms with Gasteiger partial charge in [-0.3, -0.25) is 4.79 Å². The van der Waals surface area contributed by atoms with Crippen LogP contribution in [0.2, 0.25) is 0 Å². The first kappa shape index (κ1) is 22.8. The number of carboxylic acids is 1. The molecule has 1 saturated carbocycles. The molecule has 1 aliphatic rings. The van der Waals surface area contributed by atoms with E-state index in [1.807, 2.05) is 43.3 Å². The average Bonchev–Trinajstić information content (AvgIpc) is 2.77. The molecule has 0 aliphatic heterocycles. The molecule has 1 aromatic heterocycles. The third-order valence-corrected chi connectivity index (χ3v) is 6.05. The molecule has 1 heterocycles. The van der Waals surface area contributed by atoms with Gasteiger partial charge in [0, 0.05) is 12.1 Å². The normalized spacial score (nSPS) is 19.2. The maximum Gasteiger partial charge on any atom is 0.306 e. The highest BCUT2D eigenvalue weighted by molar-refractivity contribution is 5.69. The van der Waals surface area contributed by atoms with Crippen molar-refractivity contribution in [3.05, 3.63) is 58.9 Å². The lowest BCUT2D eigenvalue weighted by Crippen LogP contribution is -2.21. The van der Waals surface area contributed by atoms with Gasteiger partial charge >= 0.3 is 5.97 Å². The minimum atomic E-state index is -0.675. The van der Waals surface area contributed by atoms with E-state index < -0.39 is 12.1 Å². The van der Waals surface area contributed by atoms with Crippen LogP contribution in [-0.4, -0.2) is 28.3 Å². The molecule has 1 fully saturated rings. The van der Waals surface area contributed by atoms with Crippen molar-refractivity contribution in [1.29, 1.82) is 0 Å². The number of benzene rings is 1. The summed E-state index contributed by atoms with van der Waals surface area (Å²) < 4.78 is 5.25. The summed E-state index contributed by atoms with van der Waals surface area (Å²) >= 11 is 0. The summed E-state index contributed by atoms with van der Waals surface area (Å²) in [5.74, 6) is 6.72. The Morgan fingerprint density at radius 2 is 2.00 bits per heavy atom. The third-order valence-electron chi connectivity index (χ3n) is 6.05. The summed E-state index contributed by atoms with van der Waals surface area (Å²) in [5, 5.41) is 19.8. The standard InChI is InChI=1S/C26H31NO4/c1-18-15-22(25(28)14-11-19-9-12-21(13-10-19)26(29)30)17-23(27-18)7-3-5-20-6-4-8-24(16-20)31-2/h4,6,8,15-17,19,21,25,28H,5,9-14H2,1-2H3,(H,29,30). The molecule has 5 heteroatoms. The van der Waals surface area contributed by atoms with Crippen LogP contribution >= 0.6 is 0 Å². The fourth-order valence-electron chi connectivity index (χ4n) is 4.23. The van der Waals surface area contributed by atoms with E-state index in [4.69, 9.17) is 9.84 Å². The lowest BCUT2D eigenvalue weighted by Gasteiger charge is -2.26. The van der Waals surface area contributed by atoms with Crippen molar-refractivity contribution < 1.29 is 19.7 Å². The molecule has 164 valence electrons. The van der Waals surface area contributed by atoms with E-state index >= 15 is 0 Å². The molecule has 0 radical (unpaired) electrons. The van der Waals surface area contributed by atoms with Crippen molar-refractivity contribution in [1.82, 2.24) is 4.98 Å². The first-order valence-corrected chi connectivity index (χ1v) is 11.0. The first-order valence-electron chi connectivity index (χ1n) is 11.0. The lowest BCUT2D eigenvalue weighted by molar-refractivity contribution is -0.143. The molecule has 1 aromatic carbocycles. The molecule has 2 N–H and O–H groups in total. The smallest absolute Gasteiger partial charge is 0.306 e. The second-order valence-corrected chi connectivity index (χ2v) is 8.41. The Morgan fingerprint density at radius 1 is 1.23 bits per heavy atom. The maximum atomic E-state index is 11.1. The first-order chi connectivity index (χ1) is 14.9. The van der Waals surface area contributed by atoms with E-state index in [9.17, 15) is 9.90 Å². The number of carbonyl (C=O) groups is 1. The van der Waals surface area contributed by atoms with E-state index in [1.54, 1.807) is 7.11 Å². The lowest BCUT2D eigenvalue weighted by atomic mass is 9.79. The van der Waals surface area contributed by atoms with E-state index in [1.165, 1.54) is 0 Å². The van der Waals surface area contributed by atoms with Crippen LogP contribution in [0.5, 0.6) is 5.75 Å². The SMILES string of the molecule is COc1cccc(CC#Cc2cc(C(O)CCC3CCC(C(=O)O)CC3)cc(C)n2)c1. The monoisotopic (exact) mass is 421 g/mol. The van der Waals surface area contributed by atoms with Gasteiger partial charge in [0.2, 0.25) is 0 Å². The van der Waals surface area contributed by atoms with Crippen molar-refractivity contribution in [2.24, 2.45) is 11.8 Å². The van der Waals surface area contributed by atoms with Crippen LogP contribution in [0.4, 0.5) is 0 Å². The second-order valence-electron chi connectivity index (χ2n) is 8.41. The van der Waals surface area contributed by atoms with Crippen LogP contribution in [-0.2, 0) is 11.2 Å². The van der Waals surface area contributed by atoms with Crippen molar-refractivity contribution in [2.45, 2.75) is 58.0 Å². The molecular weight excluding hydrogens is 390 g/mol. The molecule has 1 atom stereocenters. The molecule has 0 bridgehead atoms. The number of hydrogen-bond acceptors (Lipinski definition) is 4. The zero-order chi connectivity index (χ0) is 22.2. The van der Waals surface area contributed by atoms with Crippen LogP contribution in [0.3, 0.4) is 0 Å². The molecule has 3 rings (SSSR count). The predicted molar refractivity (Wildman–Crippen MR) is 120 cm³/mol. The fourth-order valence-corrected chi connectivity index (χ4v) is 4.23. The number of carboxylic acid groups (broad SMARTS) is 1. The van der Waals surface area contributed by atoms with Crippen molar-refractivity contribution >= 4 is 5.97 Å². The van der Waals surface area contributed by atoms with Crippen LogP contribution in [0.25, 0.3) is 0 Å². The quantitative estimate of drug-likeness (QED) is 0.634. The van der Waals surface area contributed by atoms with Gasteiger partial charge < -0.3 is 14.9 Å². The van der Waals surface area contributed by atoms with Gasteiger partial charge in [0.25, 0.3) is 0 Å². The Balaban J connectivity index is 1.57. The zero-order valence-electron chi connectivity index (χ0n) is 18.3. The number of ether oxygens (including phenoxy) is 1. The number of aryl methyl sites for hydroxylation is 1. The molecule has 5 nitrogen and oxygen atoms in total. The van der Waals surface area contributed by atoms with E-state index in [0.29, 0.717) is 24.5 Å². The van der Waals surface area contributed by atoms with E-state index in [0.717, 1.165) is 54.7 Å². The number of aromatic nitrogens is 1. The maximum absolute atomic E-state index is 11.1. The minimum Gasteiger partial charge on any atom is -0.497 e. The molecule has 1 aliphatic carbocycles. The summed E-state index contributed by atoms with van der Waals surface area (Å²) in [6.07, 6.45) is 4.98. The topological polar surface area (TPSA) is 79.7 Å². The predicted octanol–water partition coefficient (Wildman–Crippen LogP) is 4.70. The Labute approximate surface area is 184 Å². The number of hydrogen-bond donors (Lipinski definition) is 2. The largest absolute Gasteiger partial charge is 0.497 e. The third kappa shape index (κ3) is 6.83. The molecular formula is C26H31NO4. The van der Waals surface area contributed by atoms with Gasteiger partial charge in [-0.25, -0.2) is 4.98 Å². The summed E-state index contributed by atoms with van der Waals surface area (Å²) in [7, 11) is 1.65. The van der Waals surface area contributed by atoms with Crippen molar-refractivity contribution in [3.63, 3.8) is 0 Å². The summed E-state index contributed by atoms with van der Waals surface area (Å²) in [5.41, 5.74) is 3.43. The average molecular weight is 422 g/mol. The Bertz CT molecular complexity index is 951. The van der Waals surface area contributed by atoms with Gasteiger partial charge in [0.05, 0.1) is 19.1 Å². The highest BCUT2D eigenvalue weighted by Crippen LogP contribution is 2.33. The zero-order valence-corrected chi connectivity index (χ0v) is 18.3. The van der Waals surface area contributed by atoms with Crippen molar-refractivity contribution in [3.8, 4) is 17.6 Å². The highest BCUT2D eigenvalue weighted by Gasteiger charge is 2.26. The Morgan fingerprint density at radius 3 is 2.71 bits per heavy atom. The second kappa shape index (κ2) is 11.0. The molecule has 1 unspecified atom stereocenters. The number of nitrogens with zero attached hydrogens (tertiary/aromatic N) is 1. The van der Waals surface area contributed by atoms with Gasteiger partial charge in [-0.1, -0.05) is 18.1 Å². The summed E-state index contributed by atoms with van der Waals surface area (Å²) in [6.45, 7) is 1.91. The summed E-state index contributed by atoms with van der Waals surface area (Å²) in [4.78, 5) is 15.6. The molecule has 0 spiro atoms. The van der Waals surface area contributed by atoms with Gasteiger partial charge in [0.15, 0.2) is 0 Å². The number of rotatable bonds is 7. The van der Waals surface area contributed by atoms with Gasteiger partial charge in [-0.15, -0.1) is 0 Å². The number of pyridine rings is 1. The van der Waals surface area contributed by atoms with Crippen LogP contribution < -0.4 is 4.74 Å². The number of aliphatic carboxylic acids is 1. The van der Waals surface area contributed by atoms with E-state index in [2.05, 4.69) is 16.8 Å².